The van der Waals surface area contributed by atoms with Crippen LogP contribution >= 0.6 is 0 Å². The van der Waals surface area contributed by atoms with E-state index in [4.69, 9.17) is 4.74 Å². The summed E-state index contributed by atoms with van der Waals surface area (Å²) in [5.74, 6) is 7.78. The molecule has 13 heteroatoms. The standard InChI is InChI=1S/C7H11N3.C7H9N3.C6H9N3O.C6H9N3/c2*1-6-8-7-4-2-3-5-10(7)9-6;1-5-7-6-4-10-3-2-9(6)8-5;1-5-7-6-3-2-4-9(6)8-5/h2-5H2,1H3;2,4H,3,5H2,1H3;2-4H2,1H3;2-4H2,1H3. The monoisotopic (exact) mass is 534 g/mol. The summed E-state index contributed by atoms with van der Waals surface area (Å²) in [6, 6.07) is 0. The Morgan fingerprint density at radius 3 is 1.79 bits per heavy atom. The Labute approximate surface area is 228 Å². The average Bonchev–Trinajstić information content (AvgIpc) is 3.72. The molecule has 208 valence electrons. The number of allylic oxidation sites excluding steroid dienone is 1. The van der Waals surface area contributed by atoms with E-state index in [1.807, 2.05) is 52.5 Å². The molecule has 13 nitrogen and oxygen atoms in total. The predicted molar refractivity (Wildman–Crippen MR) is 144 cm³/mol. The van der Waals surface area contributed by atoms with E-state index in [1.54, 1.807) is 0 Å². The van der Waals surface area contributed by atoms with Crippen LogP contribution in [0.5, 0.6) is 0 Å². The lowest BCUT2D eigenvalue weighted by atomic mass is 10.2. The van der Waals surface area contributed by atoms with Gasteiger partial charge in [0.15, 0.2) is 11.6 Å². The summed E-state index contributed by atoms with van der Waals surface area (Å²) >= 11 is 0. The lowest BCUT2D eigenvalue weighted by molar-refractivity contribution is 0.0769. The first-order chi connectivity index (χ1) is 18.9. The van der Waals surface area contributed by atoms with Gasteiger partial charge in [0, 0.05) is 32.5 Å². The molecule has 0 N–H and O–H groups in total. The molecule has 4 aromatic heterocycles. The molecule has 0 spiro atoms. The number of aryl methyl sites for hydroxylation is 9. The van der Waals surface area contributed by atoms with Crippen molar-refractivity contribution in [2.24, 2.45) is 0 Å². The number of ether oxygens (including phenoxy) is 1. The molecule has 0 saturated heterocycles. The van der Waals surface area contributed by atoms with Gasteiger partial charge in [-0.3, -0.25) is 0 Å². The fraction of sp³-hybridized carbons (Fsp3) is 0.615. The molecule has 4 aromatic rings. The third-order valence-electron chi connectivity index (χ3n) is 6.61. The van der Waals surface area contributed by atoms with Crippen molar-refractivity contribution in [1.29, 1.82) is 0 Å². The Morgan fingerprint density at radius 2 is 1.15 bits per heavy atom. The smallest absolute Gasteiger partial charge is 0.153 e. The number of nitrogens with zero attached hydrogens (tertiary/aromatic N) is 12. The van der Waals surface area contributed by atoms with Crippen LogP contribution in [0.4, 0.5) is 0 Å². The fourth-order valence-electron chi connectivity index (χ4n) is 4.90. The molecule has 0 aliphatic carbocycles. The van der Waals surface area contributed by atoms with Crippen molar-refractivity contribution in [2.45, 2.75) is 99.0 Å². The van der Waals surface area contributed by atoms with E-state index >= 15 is 0 Å². The van der Waals surface area contributed by atoms with Crippen LogP contribution < -0.4 is 0 Å². The maximum Gasteiger partial charge on any atom is 0.153 e. The van der Waals surface area contributed by atoms with Crippen molar-refractivity contribution in [1.82, 2.24) is 59.1 Å². The van der Waals surface area contributed by atoms with Crippen LogP contribution in [0.3, 0.4) is 0 Å². The molecular formula is C26H38N12O. The molecule has 0 fully saturated rings. The van der Waals surface area contributed by atoms with Gasteiger partial charge in [0.1, 0.15) is 41.6 Å². The molecule has 8 heterocycles. The highest BCUT2D eigenvalue weighted by molar-refractivity contribution is 5.41. The molecule has 0 aromatic carbocycles. The van der Waals surface area contributed by atoms with Gasteiger partial charge in [-0.1, -0.05) is 6.08 Å². The van der Waals surface area contributed by atoms with Gasteiger partial charge < -0.3 is 4.74 Å². The maximum atomic E-state index is 5.19. The van der Waals surface area contributed by atoms with Gasteiger partial charge in [-0.2, -0.15) is 20.4 Å². The normalized spacial score (nSPS) is 16.3. The average molecular weight is 535 g/mol. The van der Waals surface area contributed by atoms with Gasteiger partial charge >= 0.3 is 0 Å². The largest absolute Gasteiger partial charge is 0.372 e. The number of aromatic nitrogens is 12. The Balaban J connectivity index is 0.000000105. The van der Waals surface area contributed by atoms with Gasteiger partial charge in [-0.15, -0.1) is 0 Å². The summed E-state index contributed by atoms with van der Waals surface area (Å²) < 4.78 is 13.0. The maximum absolute atomic E-state index is 5.19. The minimum absolute atomic E-state index is 0.612. The predicted octanol–water partition coefficient (Wildman–Crippen LogP) is 2.58. The van der Waals surface area contributed by atoms with Crippen LogP contribution in [0, 0.1) is 27.7 Å². The highest BCUT2D eigenvalue weighted by Gasteiger charge is 2.13. The van der Waals surface area contributed by atoms with E-state index in [0.29, 0.717) is 6.61 Å². The SMILES string of the molecule is Cc1nc2n(n1)CCC2.Cc1nc2n(n1)CCC=C2.Cc1nc2n(n1)CCCC2.Cc1nc2n(n1)CCOC2. The van der Waals surface area contributed by atoms with E-state index in [9.17, 15) is 0 Å². The molecule has 0 amide bonds. The molecular weight excluding hydrogens is 496 g/mol. The third-order valence-corrected chi connectivity index (χ3v) is 6.61. The van der Waals surface area contributed by atoms with Crippen LogP contribution in [0.1, 0.15) is 72.3 Å². The molecule has 0 radical (unpaired) electrons. The first-order valence-corrected chi connectivity index (χ1v) is 13.8. The Hall–Kier alpha value is -3.74. The van der Waals surface area contributed by atoms with Crippen LogP contribution in [-0.2, 0) is 50.4 Å². The Morgan fingerprint density at radius 1 is 0.590 bits per heavy atom. The number of rotatable bonds is 0. The summed E-state index contributed by atoms with van der Waals surface area (Å²) in [5, 5.41) is 16.8. The van der Waals surface area contributed by atoms with Crippen molar-refractivity contribution in [3.8, 4) is 0 Å². The zero-order chi connectivity index (χ0) is 27.2. The first kappa shape index (κ1) is 26.9. The summed E-state index contributed by atoms with van der Waals surface area (Å²) in [6.07, 6.45) is 11.2. The number of hydrogen-bond donors (Lipinski definition) is 0. The second-order valence-corrected chi connectivity index (χ2v) is 9.94. The number of hydrogen-bond acceptors (Lipinski definition) is 9. The van der Waals surface area contributed by atoms with Crippen molar-refractivity contribution >= 4 is 6.08 Å². The topological polar surface area (TPSA) is 132 Å². The lowest BCUT2D eigenvalue weighted by Crippen LogP contribution is -2.17. The van der Waals surface area contributed by atoms with Gasteiger partial charge in [0.25, 0.3) is 0 Å². The van der Waals surface area contributed by atoms with Gasteiger partial charge in [-0.25, -0.2) is 38.7 Å². The van der Waals surface area contributed by atoms with E-state index in [1.165, 1.54) is 25.1 Å². The van der Waals surface area contributed by atoms with Crippen molar-refractivity contribution in [3.05, 3.63) is 52.7 Å². The van der Waals surface area contributed by atoms with Gasteiger partial charge in [-0.05, 0) is 59.5 Å². The summed E-state index contributed by atoms with van der Waals surface area (Å²) in [6.45, 7) is 13.0. The summed E-state index contributed by atoms with van der Waals surface area (Å²) in [5.41, 5.74) is 0. The van der Waals surface area contributed by atoms with E-state index in [0.717, 1.165) is 92.8 Å². The van der Waals surface area contributed by atoms with E-state index in [2.05, 4.69) is 46.4 Å². The van der Waals surface area contributed by atoms with Gasteiger partial charge in [0.2, 0.25) is 0 Å². The molecule has 0 atom stereocenters. The molecule has 4 aliphatic rings. The zero-order valence-corrected chi connectivity index (χ0v) is 23.4. The number of fused-ring (bicyclic) bond motifs is 4. The molecule has 0 bridgehead atoms. The van der Waals surface area contributed by atoms with Crippen molar-refractivity contribution in [3.63, 3.8) is 0 Å². The van der Waals surface area contributed by atoms with Crippen LogP contribution in [0.15, 0.2) is 6.08 Å². The molecule has 4 aliphatic heterocycles. The highest BCUT2D eigenvalue weighted by Crippen LogP contribution is 2.12. The quantitative estimate of drug-likeness (QED) is 0.334. The summed E-state index contributed by atoms with van der Waals surface area (Å²) in [4.78, 5) is 16.9. The third kappa shape index (κ3) is 7.02. The lowest BCUT2D eigenvalue weighted by Gasteiger charge is -2.11. The summed E-state index contributed by atoms with van der Waals surface area (Å²) in [7, 11) is 0. The van der Waals surface area contributed by atoms with Crippen LogP contribution in [0.2, 0.25) is 0 Å². The van der Waals surface area contributed by atoms with Crippen molar-refractivity contribution < 1.29 is 4.74 Å². The van der Waals surface area contributed by atoms with E-state index < -0.39 is 0 Å². The molecule has 0 saturated carbocycles. The second-order valence-electron chi connectivity index (χ2n) is 9.94. The minimum Gasteiger partial charge on any atom is -0.372 e. The molecule has 8 rings (SSSR count). The molecule has 0 unspecified atom stereocenters. The highest BCUT2D eigenvalue weighted by atomic mass is 16.5. The van der Waals surface area contributed by atoms with Crippen LogP contribution in [0.25, 0.3) is 6.08 Å². The van der Waals surface area contributed by atoms with E-state index in [-0.39, 0.29) is 0 Å². The van der Waals surface area contributed by atoms with Gasteiger partial charge in [0.05, 0.1) is 13.2 Å². The first-order valence-electron chi connectivity index (χ1n) is 13.8. The Bertz CT molecular complexity index is 1290. The fourth-order valence-corrected chi connectivity index (χ4v) is 4.90. The molecule has 39 heavy (non-hydrogen) atoms. The second kappa shape index (κ2) is 12.4. The minimum atomic E-state index is 0.612. The van der Waals surface area contributed by atoms with Crippen molar-refractivity contribution in [2.75, 3.05) is 6.61 Å². The van der Waals surface area contributed by atoms with Crippen LogP contribution in [-0.4, -0.2) is 65.7 Å². The Kier molecular flexibility index (Phi) is 8.54. The zero-order valence-electron chi connectivity index (χ0n) is 23.4.